The van der Waals surface area contributed by atoms with E-state index in [4.69, 9.17) is 16.3 Å². The standard InChI is InChI=1S/C16H12ClNO2/c1-20-14-6-4-13(5-7-14)18-9-8-11-2-3-12(17)10-15(11)16(18)19/h2-10H,1H3. The number of halogens is 1. The zero-order valence-corrected chi connectivity index (χ0v) is 11.6. The Balaban J connectivity index is 2.20. The lowest BCUT2D eigenvalue weighted by molar-refractivity contribution is 0.414. The smallest absolute Gasteiger partial charge is 0.263 e. The van der Waals surface area contributed by atoms with E-state index in [2.05, 4.69) is 0 Å². The zero-order valence-electron chi connectivity index (χ0n) is 10.8. The van der Waals surface area contributed by atoms with Crippen LogP contribution in [-0.2, 0) is 0 Å². The third-order valence-electron chi connectivity index (χ3n) is 3.22. The van der Waals surface area contributed by atoms with Crippen LogP contribution in [0, 0.1) is 0 Å². The minimum Gasteiger partial charge on any atom is -0.497 e. The molecule has 0 aliphatic heterocycles. The minimum atomic E-state index is -0.0878. The SMILES string of the molecule is COc1ccc(-n2ccc3ccc(Cl)cc3c2=O)cc1. The third-order valence-corrected chi connectivity index (χ3v) is 3.45. The van der Waals surface area contributed by atoms with E-state index in [1.807, 2.05) is 36.4 Å². The summed E-state index contributed by atoms with van der Waals surface area (Å²) in [6, 6.07) is 14.6. The fourth-order valence-electron chi connectivity index (χ4n) is 2.16. The average Bonchev–Trinajstić information content (AvgIpc) is 2.48. The first-order chi connectivity index (χ1) is 9.69. The van der Waals surface area contributed by atoms with Crippen LogP contribution < -0.4 is 10.3 Å². The molecule has 0 bridgehead atoms. The van der Waals surface area contributed by atoms with Crippen LogP contribution in [0.5, 0.6) is 5.75 Å². The predicted octanol–water partition coefficient (Wildman–Crippen LogP) is 3.65. The first-order valence-corrected chi connectivity index (χ1v) is 6.52. The molecule has 2 aromatic carbocycles. The molecule has 0 aliphatic rings. The van der Waals surface area contributed by atoms with Crippen molar-refractivity contribution in [1.82, 2.24) is 4.57 Å². The molecule has 3 aromatic rings. The van der Waals surface area contributed by atoms with Gasteiger partial charge in [0.05, 0.1) is 7.11 Å². The number of fused-ring (bicyclic) bond motifs is 1. The Morgan fingerprint density at radius 2 is 1.80 bits per heavy atom. The summed E-state index contributed by atoms with van der Waals surface area (Å²) in [7, 11) is 1.61. The molecule has 3 rings (SSSR count). The fourth-order valence-corrected chi connectivity index (χ4v) is 2.33. The number of ether oxygens (including phenoxy) is 1. The van der Waals surface area contributed by atoms with Gasteiger partial charge in [-0.25, -0.2) is 0 Å². The summed E-state index contributed by atoms with van der Waals surface area (Å²) in [4.78, 5) is 12.5. The normalized spacial score (nSPS) is 10.7. The molecule has 1 aromatic heterocycles. The van der Waals surface area contributed by atoms with E-state index >= 15 is 0 Å². The van der Waals surface area contributed by atoms with Crippen LogP contribution in [0.15, 0.2) is 59.5 Å². The lowest BCUT2D eigenvalue weighted by Crippen LogP contribution is -2.17. The molecule has 0 atom stereocenters. The van der Waals surface area contributed by atoms with Gasteiger partial charge in [-0.2, -0.15) is 0 Å². The molecule has 0 aliphatic carbocycles. The Morgan fingerprint density at radius 3 is 2.50 bits per heavy atom. The van der Waals surface area contributed by atoms with E-state index < -0.39 is 0 Å². The van der Waals surface area contributed by atoms with E-state index in [9.17, 15) is 4.79 Å². The highest BCUT2D eigenvalue weighted by Gasteiger charge is 2.05. The molecule has 0 fully saturated rings. The topological polar surface area (TPSA) is 31.2 Å². The van der Waals surface area contributed by atoms with Gasteiger partial charge in [0.15, 0.2) is 0 Å². The molecule has 20 heavy (non-hydrogen) atoms. The van der Waals surface area contributed by atoms with Gasteiger partial charge in [0.1, 0.15) is 5.75 Å². The van der Waals surface area contributed by atoms with E-state index in [0.717, 1.165) is 16.8 Å². The maximum atomic E-state index is 12.5. The predicted molar refractivity (Wildman–Crippen MR) is 81.1 cm³/mol. The van der Waals surface area contributed by atoms with Crippen LogP contribution in [0.4, 0.5) is 0 Å². The summed E-state index contributed by atoms with van der Waals surface area (Å²) in [6.45, 7) is 0. The summed E-state index contributed by atoms with van der Waals surface area (Å²) < 4.78 is 6.71. The summed E-state index contributed by atoms with van der Waals surface area (Å²) in [5.41, 5.74) is 0.702. The Hall–Kier alpha value is -2.26. The van der Waals surface area contributed by atoms with Gasteiger partial charge in [0.2, 0.25) is 0 Å². The van der Waals surface area contributed by atoms with Crippen molar-refractivity contribution >= 4 is 22.4 Å². The highest BCUT2D eigenvalue weighted by atomic mass is 35.5. The Labute approximate surface area is 121 Å². The van der Waals surface area contributed by atoms with Crippen molar-refractivity contribution in [2.75, 3.05) is 7.11 Å². The fraction of sp³-hybridized carbons (Fsp3) is 0.0625. The van der Waals surface area contributed by atoms with E-state index in [1.54, 1.807) is 30.0 Å². The Bertz CT molecular complexity index is 822. The maximum absolute atomic E-state index is 12.5. The highest BCUT2D eigenvalue weighted by molar-refractivity contribution is 6.31. The Morgan fingerprint density at radius 1 is 1.05 bits per heavy atom. The van der Waals surface area contributed by atoms with Gasteiger partial charge in [-0.1, -0.05) is 17.7 Å². The molecule has 0 N–H and O–H groups in total. The summed E-state index contributed by atoms with van der Waals surface area (Å²) in [5.74, 6) is 0.755. The van der Waals surface area contributed by atoms with Crippen molar-refractivity contribution in [3.8, 4) is 11.4 Å². The van der Waals surface area contributed by atoms with Crippen molar-refractivity contribution in [2.45, 2.75) is 0 Å². The van der Waals surface area contributed by atoms with Crippen LogP contribution in [0.2, 0.25) is 5.02 Å². The number of hydrogen-bond donors (Lipinski definition) is 0. The van der Waals surface area contributed by atoms with E-state index in [1.165, 1.54) is 0 Å². The second-order valence-electron chi connectivity index (χ2n) is 4.42. The monoisotopic (exact) mass is 285 g/mol. The largest absolute Gasteiger partial charge is 0.497 e. The van der Waals surface area contributed by atoms with Gasteiger partial charge in [-0.05, 0) is 47.9 Å². The van der Waals surface area contributed by atoms with Gasteiger partial charge in [-0.15, -0.1) is 0 Å². The number of benzene rings is 2. The molecule has 0 saturated carbocycles. The second kappa shape index (κ2) is 5.02. The van der Waals surface area contributed by atoms with Crippen LogP contribution >= 0.6 is 11.6 Å². The third kappa shape index (κ3) is 2.17. The summed E-state index contributed by atoms with van der Waals surface area (Å²) >= 11 is 5.96. The second-order valence-corrected chi connectivity index (χ2v) is 4.86. The molecule has 3 nitrogen and oxygen atoms in total. The van der Waals surface area contributed by atoms with Gasteiger partial charge in [0, 0.05) is 22.3 Å². The van der Waals surface area contributed by atoms with E-state index in [-0.39, 0.29) is 5.56 Å². The molecule has 0 saturated heterocycles. The number of aromatic nitrogens is 1. The van der Waals surface area contributed by atoms with Gasteiger partial charge >= 0.3 is 0 Å². The van der Waals surface area contributed by atoms with Gasteiger partial charge < -0.3 is 4.74 Å². The first kappa shape index (κ1) is 12.8. The zero-order chi connectivity index (χ0) is 14.1. The molecule has 0 radical (unpaired) electrons. The van der Waals surface area contributed by atoms with Crippen LogP contribution in [0.25, 0.3) is 16.5 Å². The average molecular weight is 286 g/mol. The van der Waals surface area contributed by atoms with Crippen molar-refractivity contribution < 1.29 is 4.74 Å². The quantitative estimate of drug-likeness (QED) is 0.720. The molecule has 0 spiro atoms. The lowest BCUT2D eigenvalue weighted by Gasteiger charge is -2.08. The summed E-state index contributed by atoms with van der Waals surface area (Å²) in [5, 5.41) is 2.04. The van der Waals surface area contributed by atoms with Crippen LogP contribution in [-0.4, -0.2) is 11.7 Å². The molecule has 100 valence electrons. The first-order valence-electron chi connectivity index (χ1n) is 6.14. The van der Waals surface area contributed by atoms with Gasteiger partial charge in [-0.3, -0.25) is 9.36 Å². The minimum absolute atomic E-state index is 0.0878. The van der Waals surface area contributed by atoms with Crippen LogP contribution in [0.1, 0.15) is 0 Å². The highest BCUT2D eigenvalue weighted by Crippen LogP contribution is 2.18. The van der Waals surface area contributed by atoms with Crippen molar-refractivity contribution in [1.29, 1.82) is 0 Å². The van der Waals surface area contributed by atoms with E-state index in [0.29, 0.717) is 10.4 Å². The van der Waals surface area contributed by atoms with Crippen molar-refractivity contribution in [3.05, 3.63) is 70.1 Å². The molecule has 1 heterocycles. The maximum Gasteiger partial charge on any atom is 0.263 e. The molecule has 0 unspecified atom stereocenters. The van der Waals surface area contributed by atoms with Gasteiger partial charge in [0.25, 0.3) is 5.56 Å². The molecular weight excluding hydrogens is 274 g/mol. The molecule has 0 amide bonds. The number of methoxy groups -OCH3 is 1. The number of hydrogen-bond acceptors (Lipinski definition) is 2. The van der Waals surface area contributed by atoms with Crippen molar-refractivity contribution in [3.63, 3.8) is 0 Å². The number of rotatable bonds is 2. The molecule has 4 heteroatoms. The summed E-state index contributed by atoms with van der Waals surface area (Å²) in [6.07, 6.45) is 1.76. The lowest BCUT2D eigenvalue weighted by atomic mass is 10.1. The molecular formula is C16H12ClNO2. The number of pyridine rings is 1. The van der Waals surface area contributed by atoms with Crippen molar-refractivity contribution in [2.24, 2.45) is 0 Å². The number of nitrogens with zero attached hydrogens (tertiary/aromatic N) is 1. The van der Waals surface area contributed by atoms with Crippen LogP contribution in [0.3, 0.4) is 0 Å². The Kier molecular flexibility index (Phi) is 3.20.